The van der Waals surface area contributed by atoms with Crippen molar-refractivity contribution in [2.45, 2.75) is 11.8 Å². The number of H-pyrrole nitrogens is 1. The Kier molecular flexibility index (Phi) is 2.76. The third kappa shape index (κ3) is 2.39. The Bertz CT molecular complexity index is 620. The molecule has 0 fully saturated rings. The van der Waals surface area contributed by atoms with Gasteiger partial charge in [-0.1, -0.05) is 6.07 Å². The summed E-state index contributed by atoms with van der Waals surface area (Å²) in [6, 6.07) is 5.14. The Morgan fingerprint density at radius 2 is 2.18 bits per heavy atom. The molecule has 2 aromatic rings. The molecule has 90 valence electrons. The Hall–Kier alpha value is -2.02. The normalized spacial score (nSPS) is 11.4. The smallest absolute Gasteiger partial charge is 0.265 e. The standard InChI is InChI=1S/C10H12N4O2S/c1-7-2-3-9(11)10(4-7)14-17(15,16)8-5-12-13-6-8/h2-6,14H,11H2,1H3,(H,12,13). The summed E-state index contributed by atoms with van der Waals surface area (Å²) in [7, 11) is -3.63. The minimum atomic E-state index is -3.63. The maximum Gasteiger partial charge on any atom is 0.265 e. The molecule has 0 amide bonds. The molecule has 17 heavy (non-hydrogen) atoms. The third-order valence-electron chi connectivity index (χ3n) is 2.24. The highest BCUT2D eigenvalue weighted by molar-refractivity contribution is 7.92. The second-order valence-corrected chi connectivity index (χ2v) is 5.31. The fourth-order valence-electron chi connectivity index (χ4n) is 1.35. The highest BCUT2D eigenvalue weighted by Gasteiger charge is 2.16. The number of nitrogens with two attached hydrogens (primary N) is 1. The molecule has 0 atom stereocenters. The van der Waals surface area contributed by atoms with Gasteiger partial charge in [-0.25, -0.2) is 8.42 Å². The summed E-state index contributed by atoms with van der Waals surface area (Å²) in [4.78, 5) is 0.0680. The van der Waals surface area contributed by atoms with Crippen molar-refractivity contribution < 1.29 is 8.42 Å². The van der Waals surface area contributed by atoms with Crippen molar-refractivity contribution in [2.24, 2.45) is 0 Å². The number of hydrogen-bond acceptors (Lipinski definition) is 4. The van der Waals surface area contributed by atoms with Gasteiger partial charge in [0.05, 0.1) is 17.6 Å². The van der Waals surface area contributed by atoms with Gasteiger partial charge in [-0.3, -0.25) is 9.82 Å². The van der Waals surface area contributed by atoms with Crippen LogP contribution in [0.15, 0.2) is 35.5 Å². The van der Waals surface area contributed by atoms with Crippen molar-refractivity contribution in [3.63, 3.8) is 0 Å². The van der Waals surface area contributed by atoms with E-state index < -0.39 is 10.0 Å². The number of hydrogen-bond donors (Lipinski definition) is 3. The molecule has 0 saturated carbocycles. The molecule has 2 rings (SSSR count). The number of nitrogens with zero attached hydrogens (tertiary/aromatic N) is 1. The number of sulfonamides is 1. The quantitative estimate of drug-likeness (QED) is 0.712. The molecule has 0 radical (unpaired) electrons. The van der Waals surface area contributed by atoms with Crippen molar-refractivity contribution in [3.8, 4) is 0 Å². The number of nitrogens with one attached hydrogen (secondary N) is 2. The first-order valence-corrected chi connectivity index (χ1v) is 6.35. The van der Waals surface area contributed by atoms with Gasteiger partial charge in [0.2, 0.25) is 0 Å². The van der Waals surface area contributed by atoms with Crippen molar-refractivity contribution in [1.29, 1.82) is 0 Å². The van der Waals surface area contributed by atoms with Crippen molar-refractivity contribution in [3.05, 3.63) is 36.2 Å². The molecule has 1 aromatic carbocycles. The second kappa shape index (κ2) is 4.10. The van der Waals surface area contributed by atoms with E-state index in [1.807, 2.05) is 13.0 Å². The Morgan fingerprint density at radius 1 is 1.41 bits per heavy atom. The average molecular weight is 252 g/mol. The number of aromatic amines is 1. The van der Waals surface area contributed by atoms with E-state index >= 15 is 0 Å². The predicted molar refractivity (Wildman–Crippen MR) is 65.0 cm³/mol. The van der Waals surface area contributed by atoms with Gasteiger partial charge in [0.15, 0.2) is 0 Å². The Labute approximate surface area is 98.9 Å². The molecule has 6 nitrogen and oxygen atoms in total. The van der Waals surface area contributed by atoms with Crippen LogP contribution in [0.25, 0.3) is 0 Å². The lowest BCUT2D eigenvalue weighted by molar-refractivity contribution is 0.601. The molecule has 0 aliphatic carbocycles. The summed E-state index contributed by atoms with van der Waals surface area (Å²) in [5.74, 6) is 0. The van der Waals surface area contributed by atoms with Crippen molar-refractivity contribution in [1.82, 2.24) is 10.2 Å². The SMILES string of the molecule is Cc1ccc(N)c(NS(=O)(=O)c2cn[nH]c2)c1. The van der Waals surface area contributed by atoms with E-state index in [1.54, 1.807) is 12.1 Å². The third-order valence-corrected chi connectivity index (χ3v) is 3.57. The van der Waals surface area contributed by atoms with Gasteiger partial charge in [-0.2, -0.15) is 5.10 Å². The van der Waals surface area contributed by atoms with E-state index in [1.165, 1.54) is 12.4 Å². The van der Waals surface area contributed by atoms with Crippen LogP contribution in [0.2, 0.25) is 0 Å². The van der Waals surface area contributed by atoms with E-state index in [9.17, 15) is 8.42 Å². The number of nitrogen functional groups attached to an aromatic ring is 1. The summed E-state index contributed by atoms with van der Waals surface area (Å²) in [5.41, 5.74) is 7.36. The number of aryl methyl sites for hydroxylation is 1. The minimum absolute atomic E-state index is 0.0680. The molecule has 1 heterocycles. The molecule has 0 bridgehead atoms. The van der Waals surface area contributed by atoms with Crippen LogP contribution in [0, 0.1) is 6.92 Å². The predicted octanol–water partition coefficient (Wildman–Crippen LogP) is 1.10. The van der Waals surface area contributed by atoms with Crippen LogP contribution < -0.4 is 10.5 Å². The van der Waals surface area contributed by atoms with Gasteiger partial charge in [0.1, 0.15) is 4.90 Å². The topological polar surface area (TPSA) is 101 Å². The molecule has 7 heteroatoms. The molecular formula is C10H12N4O2S. The maximum atomic E-state index is 11.9. The first kappa shape index (κ1) is 11.5. The lowest BCUT2D eigenvalue weighted by Crippen LogP contribution is -2.13. The molecule has 0 saturated heterocycles. The first-order valence-electron chi connectivity index (χ1n) is 4.87. The molecule has 1 aromatic heterocycles. The average Bonchev–Trinajstić information content (AvgIpc) is 2.77. The largest absolute Gasteiger partial charge is 0.397 e. The number of benzene rings is 1. The minimum Gasteiger partial charge on any atom is -0.397 e. The summed E-state index contributed by atoms with van der Waals surface area (Å²) >= 11 is 0. The summed E-state index contributed by atoms with van der Waals surface area (Å²) in [6.07, 6.45) is 2.53. The summed E-state index contributed by atoms with van der Waals surface area (Å²) in [6.45, 7) is 1.86. The Morgan fingerprint density at radius 3 is 2.82 bits per heavy atom. The maximum absolute atomic E-state index is 11.9. The van der Waals surface area contributed by atoms with E-state index in [-0.39, 0.29) is 4.90 Å². The second-order valence-electron chi connectivity index (χ2n) is 3.63. The van der Waals surface area contributed by atoms with Gasteiger partial charge < -0.3 is 5.73 Å². The zero-order valence-electron chi connectivity index (χ0n) is 9.14. The fourth-order valence-corrected chi connectivity index (χ4v) is 2.33. The van der Waals surface area contributed by atoms with Gasteiger partial charge in [-0.05, 0) is 24.6 Å². The van der Waals surface area contributed by atoms with Gasteiger partial charge in [-0.15, -0.1) is 0 Å². The monoisotopic (exact) mass is 252 g/mol. The van der Waals surface area contributed by atoms with Crippen LogP contribution in [0.5, 0.6) is 0 Å². The van der Waals surface area contributed by atoms with Crippen LogP contribution in [0.3, 0.4) is 0 Å². The fraction of sp³-hybridized carbons (Fsp3) is 0.100. The van der Waals surface area contributed by atoms with Crippen molar-refractivity contribution in [2.75, 3.05) is 10.5 Å². The molecule has 0 aliphatic heterocycles. The van der Waals surface area contributed by atoms with Crippen LogP contribution >= 0.6 is 0 Å². The van der Waals surface area contributed by atoms with Gasteiger partial charge in [0, 0.05) is 6.20 Å². The van der Waals surface area contributed by atoms with Crippen molar-refractivity contribution >= 4 is 21.4 Å². The van der Waals surface area contributed by atoms with E-state index in [0.717, 1.165) is 5.56 Å². The van der Waals surface area contributed by atoms with Crippen LogP contribution in [-0.2, 0) is 10.0 Å². The van der Waals surface area contributed by atoms with E-state index in [4.69, 9.17) is 5.73 Å². The number of aromatic nitrogens is 2. The van der Waals surface area contributed by atoms with E-state index in [2.05, 4.69) is 14.9 Å². The molecule has 0 aliphatic rings. The highest BCUT2D eigenvalue weighted by Crippen LogP contribution is 2.22. The number of anilines is 2. The molecule has 0 unspecified atom stereocenters. The lowest BCUT2D eigenvalue weighted by atomic mass is 10.2. The Balaban J connectivity index is 2.36. The zero-order chi connectivity index (χ0) is 12.5. The highest BCUT2D eigenvalue weighted by atomic mass is 32.2. The van der Waals surface area contributed by atoms with Crippen LogP contribution in [0.1, 0.15) is 5.56 Å². The van der Waals surface area contributed by atoms with Gasteiger partial charge >= 0.3 is 0 Å². The van der Waals surface area contributed by atoms with E-state index in [0.29, 0.717) is 11.4 Å². The van der Waals surface area contributed by atoms with Crippen LogP contribution in [0.4, 0.5) is 11.4 Å². The first-order chi connectivity index (χ1) is 7.99. The van der Waals surface area contributed by atoms with Gasteiger partial charge in [0.25, 0.3) is 10.0 Å². The number of rotatable bonds is 3. The molecular weight excluding hydrogens is 240 g/mol. The zero-order valence-corrected chi connectivity index (χ0v) is 9.95. The molecule has 4 N–H and O–H groups in total. The molecule has 0 spiro atoms. The lowest BCUT2D eigenvalue weighted by Gasteiger charge is -2.09. The summed E-state index contributed by atoms with van der Waals surface area (Å²) < 4.78 is 26.2. The van der Waals surface area contributed by atoms with Crippen LogP contribution in [-0.4, -0.2) is 18.6 Å². The summed E-state index contributed by atoms with van der Waals surface area (Å²) in [5, 5.41) is 6.04.